The summed E-state index contributed by atoms with van der Waals surface area (Å²) < 4.78 is 61.4. The molecule has 0 aliphatic heterocycles. The Kier molecular flexibility index (Phi) is 4.56. The second kappa shape index (κ2) is 5.36. The van der Waals surface area contributed by atoms with E-state index in [9.17, 15) is 21.6 Å². The Hall–Kier alpha value is -0.600. The van der Waals surface area contributed by atoms with Crippen LogP contribution in [0, 0.1) is 5.82 Å². The van der Waals surface area contributed by atoms with Gasteiger partial charge >= 0.3 is 0 Å². The Labute approximate surface area is 105 Å². The van der Waals surface area contributed by atoms with Crippen molar-refractivity contribution in [1.82, 2.24) is 4.31 Å². The third-order valence-corrected chi connectivity index (χ3v) is 4.46. The fraction of sp³-hybridized carbons (Fsp3) is 0.333. The molecule has 1 aromatic carbocycles. The molecule has 0 radical (unpaired) electrons. The van der Waals surface area contributed by atoms with Crippen LogP contribution in [0.5, 0.6) is 0 Å². The minimum Gasteiger partial charge on any atom is -0.209 e. The van der Waals surface area contributed by atoms with E-state index in [0.29, 0.717) is 4.31 Å². The maximum Gasteiger partial charge on any atom is 0.252 e. The molecule has 1 rings (SSSR count). The van der Waals surface area contributed by atoms with E-state index < -0.39 is 28.8 Å². The molecule has 0 N–H and O–H groups in total. The molecule has 0 aliphatic carbocycles. The van der Waals surface area contributed by atoms with Crippen molar-refractivity contribution in [2.75, 3.05) is 13.6 Å². The van der Waals surface area contributed by atoms with E-state index in [-0.39, 0.29) is 9.37 Å². The molecule has 0 heterocycles. The SMILES string of the molecule is CN(CC(F)F)S(=O)(=O)c1ccc(Br)c(F)c1. The molecule has 96 valence electrons. The van der Waals surface area contributed by atoms with Gasteiger partial charge in [0.05, 0.1) is 15.9 Å². The van der Waals surface area contributed by atoms with Crippen LogP contribution < -0.4 is 0 Å². The van der Waals surface area contributed by atoms with Crippen molar-refractivity contribution in [2.24, 2.45) is 0 Å². The van der Waals surface area contributed by atoms with Crippen LogP contribution in [-0.2, 0) is 10.0 Å². The molecule has 1 aromatic rings. The van der Waals surface area contributed by atoms with Crippen LogP contribution in [0.4, 0.5) is 13.2 Å². The first-order valence-electron chi connectivity index (χ1n) is 4.44. The summed E-state index contributed by atoms with van der Waals surface area (Å²) in [6.07, 6.45) is -2.78. The Balaban J connectivity index is 3.09. The van der Waals surface area contributed by atoms with Crippen molar-refractivity contribution in [3.05, 3.63) is 28.5 Å². The number of halogens is 4. The average molecular weight is 332 g/mol. The zero-order chi connectivity index (χ0) is 13.2. The van der Waals surface area contributed by atoms with Crippen LogP contribution in [0.15, 0.2) is 27.6 Å². The van der Waals surface area contributed by atoms with Gasteiger partial charge in [-0.3, -0.25) is 0 Å². The highest BCUT2D eigenvalue weighted by Crippen LogP contribution is 2.21. The molecule has 0 bridgehead atoms. The summed E-state index contributed by atoms with van der Waals surface area (Å²) in [5, 5.41) is 0. The van der Waals surface area contributed by atoms with Gasteiger partial charge in [0.1, 0.15) is 5.82 Å². The molecule has 0 amide bonds. The number of nitrogens with zero attached hydrogens (tertiary/aromatic N) is 1. The molecule has 0 aromatic heterocycles. The number of hydrogen-bond donors (Lipinski definition) is 0. The highest BCUT2D eigenvalue weighted by molar-refractivity contribution is 9.10. The molecule has 0 saturated carbocycles. The van der Waals surface area contributed by atoms with Crippen LogP contribution in [-0.4, -0.2) is 32.7 Å². The predicted octanol–water partition coefficient (Wildman–Crippen LogP) is 2.47. The second-order valence-corrected chi connectivity index (χ2v) is 6.15. The zero-order valence-corrected chi connectivity index (χ0v) is 11.1. The second-order valence-electron chi connectivity index (χ2n) is 3.25. The molecular weight excluding hydrogens is 323 g/mol. The third kappa shape index (κ3) is 3.43. The number of alkyl halides is 2. The highest BCUT2D eigenvalue weighted by atomic mass is 79.9. The summed E-state index contributed by atoms with van der Waals surface area (Å²) in [5.74, 6) is -0.767. The van der Waals surface area contributed by atoms with Crippen molar-refractivity contribution in [3.8, 4) is 0 Å². The van der Waals surface area contributed by atoms with E-state index in [4.69, 9.17) is 0 Å². The highest BCUT2D eigenvalue weighted by Gasteiger charge is 2.24. The molecule has 8 heteroatoms. The normalized spacial score (nSPS) is 12.4. The summed E-state index contributed by atoms with van der Waals surface area (Å²) in [5.41, 5.74) is 0. The van der Waals surface area contributed by atoms with Crippen molar-refractivity contribution < 1.29 is 21.6 Å². The molecule has 0 atom stereocenters. The van der Waals surface area contributed by atoms with Gasteiger partial charge in [-0.25, -0.2) is 21.6 Å². The molecule has 0 spiro atoms. The molecular formula is C9H9BrF3NO2S. The van der Waals surface area contributed by atoms with E-state index in [2.05, 4.69) is 15.9 Å². The number of benzene rings is 1. The van der Waals surface area contributed by atoms with Crippen LogP contribution in [0.25, 0.3) is 0 Å². The summed E-state index contributed by atoms with van der Waals surface area (Å²) in [4.78, 5) is -0.360. The average Bonchev–Trinajstić information content (AvgIpc) is 2.20. The Bertz CT molecular complexity index is 507. The van der Waals surface area contributed by atoms with E-state index in [1.165, 1.54) is 6.07 Å². The van der Waals surface area contributed by atoms with E-state index in [1.807, 2.05) is 0 Å². The zero-order valence-electron chi connectivity index (χ0n) is 8.70. The van der Waals surface area contributed by atoms with Gasteiger partial charge in [0.15, 0.2) is 0 Å². The van der Waals surface area contributed by atoms with Crippen LogP contribution in [0.1, 0.15) is 0 Å². The lowest BCUT2D eigenvalue weighted by Crippen LogP contribution is -2.31. The first kappa shape index (κ1) is 14.5. The molecule has 0 saturated heterocycles. The first-order valence-corrected chi connectivity index (χ1v) is 6.68. The van der Waals surface area contributed by atoms with Gasteiger partial charge in [-0.2, -0.15) is 4.31 Å². The lowest BCUT2D eigenvalue weighted by atomic mass is 10.3. The van der Waals surface area contributed by atoms with Crippen LogP contribution >= 0.6 is 15.9 Å². The van der Waals surface area contributed by atoms with E-state index >= 15 is 0 Å². The molecule has 0 unspecified atom stereocenters. The van der Waals surface area contributed by atoms with Gasteiger partial charge in [-0.1, -0.05) is 0 Å². The molecule has 0 aliphatic rings. The maximum absolute atomic E-state index is 13.2. The Morgan fingerprint density at radius 2 is 2.00 bits per heavy atom. The van der Waals surface area contributed by atoms with Gasteiger partial charge in [0.25, 0.3) is 6.43 Å². The summed E-state index contributed by atoms with van der Waals surface area (Å²) >= 11 is 2.87. The predicted molar refractivity (Wildman–Crippen MR) is 59.9 cm³/mol. The van der Waals surface area contributed by atoms with Crippen molar-refractivity contribution >= 4 is 26.0 Å². The van der Waals surface area contributed by atoms with Gasteiger partial charge < -0.3 is 0 Å². The quantitative estimate of drug-likeness (QED) is 0.850. The van der Waals surface area contributed by atoms with Crippen molar-refractivity contribution in [3.63, 3.8) is 0 Å². The van der Waals surface area contributed by atoms with E-state index in [1.54, 1.807) is 0 Å². The monoisotopic (exact) mass is 331 g/mol. The van der Waals surface area contributed by atoms with Gasteiger partial charge in [-0.05, 0) is 34.1 Å². The van der Waals surface area contributed by atoms with Gasteiger partial charge in [0.2, 0.25) is 10.0 Å². The van der Waals surface area contributed by atoms with Crippen LogP contribution in [0.3, 0.4) is 0 Å². The Morgan fingerprint density at radius 1 is 1.41 bits per heavy atom. The fourth-order valence-electron chi connectivity index (χ4n) is 1.11. The smallest absolute Gasteiger partial charge is 0.209 e. The maximum atomic E-state index is 13.2. The van der Waals surface area contributed by atoms with Gasteiger partial charge in [-0.15, -0.1) is 0 Å². The van der Waals surface area contributed by atoms with Crippen molar-refractivity contribution in [1.29, 1.82) is 0 Å². The summed E-state index contributed by atoms with van der Waals surface area (Å²) in [7, 11) is -3.07. The lowest BCUT2D eigenvalue weighted by molar-refractivity contribution is 0.126. The molecule has 0 fully saturated rings. The van der Waals surface area contributed by atoms with Crippen LogP contribution in [0.2, 0.25) is 0 Å². The number of sulfonamides is 1. The third-order valence-electron chi connectivity index (χ3n) is 1.99. The van der Waals surface area contributed by atoms with E-state index in [0.717, 1.165) is 19.2 Å². The number of rotatable bonds is 4. The molecule has 3 nitrogen and oxygen atoms in total. The minimum absolute atomic E-state index is 0.105. The fourth-order valence-corrected chi connectivity index (χ4v) is 2.52. The van der Waals surface area contributed by atoms with Crippen molar-refractivity contribution in [2.45, 2.75) is 11.3 Å². The Morgan fingerprint density at radius 3 is 2.47 bits per heavy atom. The number of hydrogen-bond acceptors (Lipinski definition) is 2. The lowest BCUT2D eigenvalue weighted by Gasteiger charge is -2.16. The molecule has 17 heavy (non-hydrogen) atoms. The summed E-state index contributed by atoms with van der Waals surface area (Å²) in [6, 6.07) is 3.13. The largest absolute Gasteiger partial charge is 0.252 e. The first-order chi connectivity index (χ1) is 7.75. The van der Waals surface area contributed by atoms with Gasteiger partial charge in [0, 0.05) is 7.05 Å². The summed E-state index contributed by atoms with van der Waals surface area (Å²) in [6.45, 7) is -0.931. The topological polar surface area (TPSA) is 37.4 Å². The minimum atomic E-state index is -4.08. The standard InChI is InChI=1S/C9H9BrF3NO2S/c1-14(5-9(12)13)17(15,16)6-2-3-7(10)8(11)4-6/h2-4,9H,5H2,1H3.